The molecule has 1 unspecified atom stereocenters. The summed E-state index contributed by atoms with van der Waals surface area (Å²) in [6.45, 7) is 7.77. The molecule has 0 aromatic heterocycles. The van der Waals surface area contributed by atoms with Gasteiger partial charge in [-0.2, -0.15) is 0 Å². The van der Waals surface area contributed by atoms with Crippen molar-refractivity contribution in [1.29, 1.82) is 0 Å². The highest BCUT2D eigenvalue weighted by molar-refractivity contribution is 9.10. The second-order valence-corrected chi connectivity index (χ2v) is 7.67. The third kappa shape index (κ3) is 3.35. The summed E-state index contributed by atoms with van der Waals surface area (Å²) >= 11 is 9.58. The Kier molecular flexibility index (Phi) is 4.98. The molecular formula is C15H19BBrClO4. The van der Waals surface area contributed by atoms with Crippen LogP contribution in [0.1, 0.15) is 45.5 Å². The Morgan fingerprint density at radius 3 is 2.36 bits per heavy atom. The lowest BCUT2D eigenvalue weighted by molar-refractivity contribution is -0.137. The molecule has 0 saturated carbocycles. The van der Waals surface area contributed by atoms with Gasteiger partial charge in [0.2, 0.25) is 0 Å². The number of benzene rings is 1. The quantitative estimate of drug-likeness (QED) is 0.781. The smallest absolute Gasteiger partial charge is 0.466 e. The zero-order valence-corrected chi connectivity index (χ0v) is 15.4. The minimum atomic E-state index is -0.911. The minimum Gasteiger partial charge on any atom is -0.481 e. The molecule has 1 saturated heterocycles. The molecule has 1 aromatic carbocycles. The number of halogens is 2. The second kappa shape index (κ2) is 6.15. The average Bonchev–Trinajstić information content (AvgIpc) is 2.59. The first-order valence-electron chi connectivity index (χ1n) is 7.06. The molecule has 0 bridgehead atoms. The summed E-state index contributed by atoms with van der Waals surface area (Å²) in [6, 6.07) is 5.38. The van der Waals surface area contributed by atoms with Gasteiger partial charge in [0.1, 0.15) is 0 Å². The molecular weight excluding hydrogens is 370 g/mol. The van der Waals surface area contributed by atoms with Crippen LogP contribution in [0, 0.1) is 0 Å². The van der Waals surface area contributed by atoms with E-state index in [1.165, 1.54) is 0 Å². The standard InChI is InChI=1S/C15H19BBrClO4/c1-14(2)15(3,4)22-16(21-14)10(8-12(19)20)9-6-5-7-11(18)13(9)17/h5-7,10H,8H2,1-4H3,(H,19,20). The van der Waals surface area contributed by atoms with Crippen molar-refractivity contribution in [1.82, 2.24) is 0 Å². The Morgan fingerprint density at radius 1 is 1.32 bits per heavy atom. The van der Waals surface area contributed by atoms with E-state index in [1.807, 2.05) is 33.8 Å². The highest BCUT2D eigenvalue weighted by atomic mass is 79.9. The Bertz CT molecular complexity index is 575. The summed E-state index contributed by atoms with van der Waals surface area (Å²) < 4.78 is 12.7. The van der Waals surface area contributed by atoms with E-state index in [0.29, 0.717) is 9.50 Å². The molecule has 1 N–H and O–H groups in total. The molecule has 0 amide bonds. The lowest BCUT2D eigenvalue weighted by atomic mass is 9.66. The fourth-order valence-electron chi connectivity index (χ4n) is 2.40. The number of carboxylic acid groups (broad SMARTS) is 1. The maximum atomic E-state index is 11.3. The van der Waals surface area contributed by atoms with Gasteiger partial charge in [0.05, 0.1) is 22.6 Å². The molecule has 1 heterocycles. The second-order valence-electron chi connectivity index (χ2n) is 6.47. The topological polar surface area (TPSA) is 55.8 Å². The molecule has 0 radical (unpaired) electrons. The van der Waals surface area contributed by atoms with Crippen molar-refractivity contribution in [2.45, 2.75) is 51.1 Å². The number of hydrogen-bond acceptors (Lipinski definition) is 3. The molecule has 0 aliphatic carbocycles. The fourth-order valence-corrected chi connectivity index (χ4v) is 3.14. The zero-order valence-electron chi connectivity index (χ0n) is 13.0. The van der Waals surface area contributed by atoms with Crippen molar-refractivity contribution in [3.8, 4) is 0 Å². The maximum Gasteiger partial charge on any atom is 0.466 e. The number of carbonyl (C=O) groups is 1. The van der Waals surface area contributed by atoms with E-state index in [9.17, 15) is 9.90 Å². The summed E-state index contributed by atoms with van der Waals surface area (Å²) in [4.78, 5) is 11.3. The minimum absolute atomic E-state index is 0.101. The van der Waals surface area contributed by atoms with Crippen LogP contribution in [0.2, 0.25) is 5.02 Å². The van der Waals surface area contributed by atoms with Crippen molar-refractivity contribution in [2.75, 3.05) is 0 Å². The van der Waals surface area contributed by atoms with Crippen LogP contribution in [0.4, 0.5) is 0 Å². The fraction of sp³-hybridized carbons (Fsp3) is 0.533. The summed E-state index contributed by atoms with van der Waals surface area (Å²) in [5.41, 5.74) is -0.257. The van der Waals surface area contributed by atoms with Gasteiger partial charge in [-0.25, -0.2) is 0 Å². The third-order valence-corrected chi connectivity index (χ3v) is 5.80. The molecule has 2 rings (SSSR count). The highest BCUT2D eigenvalue weighted by Crippen LogP contribution is 2.43. The van der Waals surface area contributed by atoms with Gasteiger partial charge in [-0.1, -0.05) is 23.7 Å². The largest absolute Gasteiger partial charge is 0.481 e. The van der Waals surface area contributed by atoms with Crippen LogP contribution in [0.5, 0.6) is 0 Å². The molecule has 4 nitrogen and oxygen atoms in total. The van der Waals surface area contributed by atoms with Crippen molar-refractivity contribution in [3.05, 3.63) is 33.3 Å². The van der Waals surface area contributed by atoms with Gasteiger partial charge in [0, 0.05) is 10.3 Å². The van der Waals surface area contributed by atoms with E-state index in [4.69, 9.17) is 20.9 Å². The summed E-state index contributed by atoms with van der Waals surface area (Å²) in [5, 5.41) is 9.80. The molecule has 22 heavy (non-hydrogen) atoms. The van der Waals surface area contributed by atoms with Crippen LogP contribution in [0.25, 0.3) is 0 Å². The molecule has 1 fully saturated rings. The summed E-state index contributed by atoms with van der Waals surface area (Å²) in [6.07, 6.45) is -0.101. The van der Waals surface area contributed by atoms with E-state index in [2.05, 4.69) is 15.9 Å². The van der Waals surface area contributed by atoms with Gasteiger partial charge in [-0.3, -0.25) is 4.79 Å². The van der Waals surface area contributed by atoms with Gasteiger partial charge >= 0.3 is 13.1 Å². The predicted molar refractivity (Wildman–Crippen MR) is 90.2 cm³/mol. The van der Waals surface area contributed by atoms with Gasteiger partial charge in [0.25, 0.3) is 0 Å². The maximum absolute atomic E-state index is 11.3. The number of rotatable bonds is 4. The Labute approximate surface area is 144 Å². The number of carboxylic acids is 1. The first-order chi connectivity index (χ1) is 10.0. The monoisotopic (exact) mass is 388 g/mol. The molecule has 1 atom stereocenters. The Hall–Kier alpha value is -0.555. The number of aliphatic carboxylic acids is 1. The number of hydrogen-bond donors (Lipinski definition) is 1. The zero-order chi connectivity index (χ0) is 16.7. The SMILES string of the molecule is CC1(C)OB(C(CC(=O)O)c2cccc(Cl)c2Br)OC1(C)C. The van der Waals surface area contributed by atoms with Gasteiger partial charge in [-0.15, -0.1) is 0 Å². The highest BCUT2D eigenvalue weighted by Gasteiger charge is 2.54. The molecule has 0 spiro atoms. The normalized spacial score (nSPS) is 20.9. The van der Waals surface area contributed by atoms with E-state index >= 15 is 0 Å². The van der Waals surface area contributed by atoms with E-state index in [-0.39, 0.29) is 6.42 Å². The molecule has 1 aliphatic rings. The van der Waals surface area contributed by atoms with Gasteiger partial charge < -0.3 is 14.4 Å². The Morgan fingerprint density at radius 2 is 1.86 bits per heavy atom. The first-order valence-corrected chi connectivity index (χ1v) is 8.23. The lowest BCUT2D eigenvalue weighted by Crippen LogP contribution is -2.41. The van der Waals surface area contributed by atoms with Crippen LogP contribution >= 0.6 is 27.5 Å². The van der Waals surface area contributed by atoms with Crippen molar-refractivity contribution in [3.63, 3.8) is 0 Å². The van der Waals surface area contributed by atoms with Crippen LogP contribution in [0.3, 0.4) is 0 Å². The first kappa shape index (κ1) is 17.8. The van der Waals surface area contributed by atoms with E-state index in [1.54, 1.807) is 12.1 Å². The van der Waals surface area contributed by atoms with Crippen molar-refractivity contribution < 1.29 is 19.2 Å². The van der Waals surface area contributed by atoms with Crippen molar-refractivity contribution >= 4 is 40.6 Å². The summed E-state index contributed by atoms with van der Waals surface area (Å²) in [5.74, 6) is -1.36. The Balaban J connectivity index is 2.40. The lowest BCUT2D eigenvalue weighted by Gasteiger charge is -2.32. The van der Waals surface area contributed by atoms with Crippen molar-refractivity contribution in [2.24, 2.45) is 0 Å². The third-order valence-electron chi connectivity index (χ3n) is 4.38. The molecule has 7 heteroatoms. The van der Waals surface area contributed by atoms with E-state index in [0.717, 1.165) is 5.56 Å². The van der Waals surface area contributed by atoms with Gasteiger partial charge in [0.15, 0.2) is 0 Å². The van der Waals surface area contributed by atoms with E-state index < -0.39 is 30.1 Å². The summed E-state index contributed by atoms with van der Waals surface area (Å²) in [7, 11) is -0.643. The predicted octanol–water partition coefficient (Wildman–Crippen LogP) is 4.29. The van der Waals surface area contributed by atoms with Crippen LogP contribution < -0.4 is 0 Å². The molecule has 1 aromatic rings. The van der Waals surface area contributed by atoms with Crippen LogP contribution in [-0.2, 0) is 14.1 Å². The van der Waals surface area contributed by atoms with Crippen LogP contribution in [-0.4, -0.2) is 29.4 Å². The molecule has 1 aliphatic heterocycles. The average molecular weight is 389 g/mol. The molecule has 120 valence electrons. The van der Waals surface area contributed by atoms with Gasteiger partial charge in [-0.05, 0) is 55.3 Å². The van der Waals surface area contributed by atoms with Crippen LogP contribution in [0.15, 0.2) is 22.7 Å².